The van der Waals surface area contributed by atoms with Gasteiger partial charge in [-0.3, -0.25) is 4.79 Å². The minimum atomic E-state index is -0.0573. The zero-order chi connectivity index (χ0) is 13.0. The van der Waals surface area contributed by atoms with Crippen LogP contribution in [0.4, 0.5) is 0 Å². The lowest BCUT2D eigenvalue weighted by atomic mass is 10.1. The van der Waals surface area contributed by atoms with Crippen molar-refractivity contribution in [1.82, 2.24) is 5.32 Å². The van der Waals surface area contributed by atoms with Crippen LogP contribution in [0.3, 0.4) is 0 Å². The smallest absolute Gasteiger partial charge is 0.255 e. The van der Waals surface area contributed by atoms with Crippen LogP contribution in [0.2, 0.25) is 0 Å². The van der Waals surface area contributed by atoms with Gasteiger partial charge in [0.05, 0.1) is 17.2 Å². The van der Waals surface area contributed by atoms with Gasteiger partial charge in [-0.1, -0.05) is 26.2 Å². The fourth-order valence-corrected chi connectivity index (χ4v) is 2.83. The van der Waals surface area contributed by atoms with Crippen LogP contribution in [0.25, 0.3) is 0 Å². The highest BCUT2D eigenvalue weighted by Gasteiger charge is 2.24. The Bertz CT molecular complexity index is 402. The van der Waals surface area contributed by atoms with Crippen molar-refractivity contribution >= 4 is 17.5 Å². The molecule has 0 spiro atoms. The van der Waals surface area contributed by atoms with E-state index in [1.807, 2.05) is 6.92 Å². The SMILES string of the molecule is CCc1occc1C(=O)NC1CCCCCC1Cl. The minimum absolute atomic E-state index is 0.0495. The molecule has 1 aliphatic carbocycles. The van der Waals surface area contributed by atoms with Crippen LogP contribution < -0.4 is 5.32 Å². The predicted molar refractivity (Wildman–Crippen MR) is 72.1 cm³/mol. The summed E-state index contributed by atoms with van der Waals surface area (Å²) in [5, 5.41) is 3.10. The van der Waals surface area contributed by atoms with Crippen molar-refractivity contribution in [3.8, 4) is 0 Å². The molecule has 4 heteroatoms. The van der Waals surface area contributed by atoms with Crippen molar-refractivity contribution in [1.29, 1.82) is 0 Å². The van der Waals surface area contributed by atoms with Crippen molar-refractivity contribution in [3.05, 3.63) is 23.7 Å². The molecule has 1 aromatic rings. The summed E-state index contributed by atoms with van der Waals surface area (Å²) in [6.45, 7) is 1.98. The van der Waals surface area contributed by atoms with Crippen LogP contribution in [0.5, 0.6) is 0 Å². The highest BCUT2D eigenvalue weighted by Crippen LogP contribution is 2.23. The summed E-state index contributed by atoms with van der Waals surface area (Å²) in [7, 11) is 0. The maximum Gasteiger partial charge on any atom is 0.255 e. The first kappa shape index (κ1) is 13.5. The predicted octanol–water partition coefficient (Wildman–Crippen LogP) is 3.51. The zero-order valence-electron chi connectivity index (χ0n) is 10.7. The van der Waals surface area contributed by atoms with Crippen LogP contribution in [-0.2, 0) is 6.42 Å². The Kier molecular flexibility index (Phi) is 4.70. The molecule has 2 unspecified atom stereocenters. The molecule has 0 saturated heterocycles. The Morgan fingerprint density at radius 3 is 3.00 bits per heavy atom. The fourth-order valence-electron chi connectivity index (χ4n) is 2.49. The highest BCUT2D eigenvalue weighted by atomic mass is 35.5. The van der Waals surface area contributed by atoms with E-state index in [1.54, 1.807) is 12.3 Å². The van der Waals surface area contributed by atoms with E-state index in [-0.39, 0.29) is 17.3 Å². The average molecular weight is 270 g/mol. The second-order valence-corrected chi connectivity index (χ2v) is 5.41. The van der Waals surface area contributed by atoms with Crippen molar-refractivity contribution in [2.75, 3.05) is 0 Å². The van der Waals surface area contributed by atoms with Crippen molar-refractivity contribution in [2.45, 2.75) is 56.9 Å². The summed E-state index contributed by atoms with van der Waals surface area (Å²) in [5.41, 5.74) is 0.644. The number of carbonyl (C=O) groups is 1. The van der Waals surface area contributed by atoms with E-state index in [4.69, 9.17) is 16.0 Å². The van der Waals surface area contributed by atoms with Crippen molar-refractivity contribution in [2.24, 2.45) is 0 Å². The summed E-state index contributed by atoms with van der Waals surface area (Å²) in [5.74, 6) is 0.686. The summed E-state index contributed by atoms with van der Waals surface area (Å²) >= 11 is 6.33. The molecule has 3 nitrogen and oxygen atoms in total. The number of hydrogen-bond donors (Lipinski definition) is 1. The fraction of sp³-hybridized carbons (Fsp3) is 0.643. The minimum Gasteiger partial charge on any atom is -0.469 e. The van der Waals surface area contributed by atoms with Gasteiger partial charge in [0, 0.05) is 12.5 Å². The summed E-state index contributed by atoms with van der Waals surface area (Å²) < 4.78 is 5.28. The quantitative estimate of drug-likeness (QED) is 0.674. The molecule has 2 atom stereocenters. The lowest BCUT2D eigenvalue weighted by Gasteiger charge is -2.21. The zero-order valence-corrected chi connectivity index (χ0v) is 11.5. The second kappa shape index (κ2) is 6.28. The average Bonchev–Trinajstić information content (AvgIpc) is 2.76. The van der Waals surface area contributed by atoms with Gasteiger partial charge in [-0.25, -0.2) is 0 Å². The Morgan fingerprint density at radius 2 is 2.22 bits per heavy atom. The number of hydrogen-bond acceptors (Lipinski definition) is 2. The van der Waals surface area contributed by atoms with E-state index >= 15 is 0 Å². The van der Waals surface area contributed by atoms with Gasteiger partial charge in [0.25, 0.3) is 5.91 Å². The summed E-state index contributed by atoms with van der Waals surface area (Å²) in [6, 6.07) is 1.81. The van der Waals surface area contributed by atoms with E-state index in [2.05, 4.69) is 5.32 Å². The number of rotatable bonds is 3. The third-order valence-corrected chi connectivity index (χ3v) is 4.08. The van der Waals surface area contributed by atoms with E-state index in [9.17, 15) is 4.79 Å². The van der Waals surface area contributed by atoms with Crippen LogP contribution in [0.1, 0.15) is 55.1 Å². The van der Waals surface area contributed by atoms with Gasteiger partial charge in [-0.2, -0.15) is 0 Å². The van der Waals surface area contributed by atoms with Crippen molar-refractivity contribution < 1.29 is 9.21 Å². The van der Waals surface area contributed by atoms with Gasteiger partial charge < -0.3 is 9.73 Å². The normalized spacial score (nSPS) is 24.6. The Balaban J connectivity index is 2.01. The Morgan fingerprint density at radius 1 is 1.44 bits per heavy atom. The van der Waals surface area contributed by atoms with Crippen molar-refractivity contribution in [3.63, 3.8) is 0 Å². The van der Waals surface area contributed by atoms with Crippen LogP contribution in [0.15, 0.2) is 16.7 Å². The molecule has 1 aromatic heterocycles. The maximum absolute atomic E-state index is 12.2. The molecule has 1 fully saturated rings. The first-order valence-electron chi connectivity index (χ1n) is 6.73. The molecule has 18 heavy (non-hydrogen) atoms. The molecule has 0 aliphatic heterocycles. The van der Waals surface area contributed by atoms with Crippen LogP contribution in [-0.4, -0.2) is 17.3 Å². The third kappa shape index (κ3) is 3.08. The lowest BCUT2D eigenvalue weighted by molar-refractivity contribution is 0.0932. The van der Waals surface area contributed by atoms with Gasteiger partial charge in [0.2, 0.25) is 0 Å². The van der Waals surface area contributed by atoms with Gasteiger partial charge in [-0.05, 0) is 18.9 Å². The molecule has 1 saturated carbocycles. The first-order valence-corrected chi connectivity index (χ1v) is 7.17. The molecule has 1 heterocycles. The molecule has 1 amide bonds. The van der Waals surface area contributed by atoms with E-state index in [0.717, 1.165) is 37.9 Å². The molecule has 100 valence electrons. The first-order chi connectivity index (χ1) is 8.72. The standard InChI is InChI=1S/C14H20ClNO2/c1-2-13-10(8-9-18-13)14(17)16-12-7-5-3-4-6-11(12)15/h8-9,11-12H,2-7H2,1H3,(H,16,17). The molecule has 2 rings (SSSR count). The number of alkyl halides is 1. The Labute approximate surface area is 113 Å². The van der Waals surface area contributed by atoms with Gasteiger partial charge in [-0.15, -0.1) is 11.6 Å². The van der Waals surface area contributed by atoms with Gasteiger partial charge in [0.1, 0.15) is 5.76 Å². The molecule has 0 radical (unpaired) electrons. The second-order valence-electron chi connectivity index (χ2n) is 4.84. The number of aryl methyl sites for hydroxylation is 1. The molecular weight excluding hydrogens is 250 g/mol. The lowest BCUT2D eigenvalue weighted by Crippen LogP contribution is -2.40. The molecular formula is C14H20ClNO2. The Hall–Kier alpha value is -0.960. The third-order valence-electron chi connectivity index (χ3n) is 3.56. The number of furan rings is 1. The number of nitrogens with one attached hydrogen (secondary N) is 1. The van der Waals surface area contributed by atoms with Crippen LogP contribution in [0, 0.1) is 0 Å². The van der Waals surface area contributed by atoms with E-state index < -0.39 is 0 Å². The number of amides is 1. The number of halogens is 1. The molecule has 1 N–H and O–H groups in total. The molecule has 0 bridgehead atoms. The maximum atomic E-state index is 12.2. The highest BCUT2D eigenvalue weighted by molar-refractivity contribution is 6.21. The number of carbonyl (C=O) groups excluding carboxylic acids is 1. The summed E-state index contributed by atoms with van der Waals surface area (Å²) in [4.78, 5) is 12.2. The van der Waals surface area contributed by atoms with Gasteiger partial charge in [0.15, 0.2) is 0 Å². The van der Waals surface area contributed by atoms with Gasteiger partial charge >= 0.3 is 0 Å². The van der Waals surface area contributed by atoms with Crippen LogP contribution >= 0.6 is 11.6 Å². The van der Waals surface area contributed by atoms with E-state index in [1.165, 1.54) is 6.42 Å². The largest absolute Gasteiger partial charge is 0.469 e. The molecule has 0 aromatic carbocycles. The molecule has 1 aliphatic rings. The van der Waals surface area contributed by atoms with E-state index in [0.29, 0.717) is 5.56 Å². The summed E-state index contributed by atoms with van der Waals surface area (Å²) in [6.07, 6.45) is 7.76. The topological polar surface area (TPSA) is 42.2 Å². The monoisotopic (exact) mass is 269 g/mol.